The Balaban J connectivity index is 1.75. The molecule has 0 atom stereocenters. The summed E-state index contributed by atoms with van der Waals surface area (Å²) in [6.45, 7) is 6.47. The molecule has 0 radical (unpaired) electrons. The van der Waals surface area contributed by atoms with Gasteiger partial charge in [0, 0.05) is 24.3 Å². The van der Waals surface area contributed by atoms with Crippen LogP contribution in [0, 0.1) is 5.41 Å². The van der Waals surface area contributed by atoms with Crippen LogP contribution < -0.4 is 5.32 Å². The minimum Gasteiger partial charge on any atom is -0.355 e. The van der Waals surface area contributed by atoms with E-state index in [4.69, 9.17) is 4.52 Å². The number of aromatic nitrogens is 2. The molecule has 0 aromatic carbocycles. The standard InChI is InChI=1S/C13H21N3O2/c1-4-13(2,3)12(17)14-8-7-10-15-11(18-16-10)9-5-6-9/h9H,4-8H2,1-3H3,(H,14,17). The van der Waals surface area contributed by atoms with Crippen molar-refractivity contribution in [3.05, 3.63) is 11.7 Å². The Bertz CT molecular complexity index is 422. The fraction of sp³-hybridized carbons (Fsp3) is 0.769. The van der Waals surface area contributed by atoms with Gasteiger partial charge in [-0.1, -0.05) is 25.9 Å². The second-order valence-electron chi connectivity index (χ2n) is 5.57. The lowest BCUT2D eigenvalue weighted by atomic mass is 9.89. The van der Waals surface area contributed by atoms with E-state index in [-0.39, 0.29) is 11.3 Å². The predicted octanol–water partition coefficient (Wildman–Crippen LogP) is 2.04. The Hall–Kier alpha value is -1.39. The summed E-state index contributed by atoms with van der Waals surface area (Å²) in [5.41, 5.74) is -0.309. The SMILES string of the molecule is CCC(C)(C)C(=O)NCCc1noc(C2CC2)n1. The molecule has 0 aliphatic heterocycles. The highest BCUT2D eigenvalue weighted by Crippen LogP contribution is 2.38. The molecule has 0 bridgehead atoms. The summed E-state index contributed by atoms with van der Waals surface area (Å²) in [6, 6.07) is 0. The van der Waals surface area contributed by atoms with Gasteiger partial charge in [0.2, 0.25) is 11.8 Å². The van der Waals surface area contributed by atoms with Gasteiger partial charge in [-0.25, -0.2) is 0 Å². The summed E-state index contributed by atoms with van der Waals surface area (Å²) in [5, 5.41) is 6.84. The molecule has 2 rings (SSSR count). The van der Waals surface area contributed by atoms with Gasteiger partial charge in [0.15, 0.2) is 5.82 Å². The van der Waals surface area contributed by atoms with E-state index in [1.165, 1.54) is 0 Å². The van der Waals surface area contributed by atoms with Crippen molar-refractivity contribution in [1.82, 2.24) is 15.5 Å². The second kappa shape index (κ2) is 5.08. The zero-order valence-electron chi connectivity index (χ0n) is 11.3. The van der Waals surface area contributed by atoms with E-state index < -0.39 is 0 Å². The van der Waals surface area contributed by atoms with Gasteiger partial charge >= 0.3 is 0 Å². The molecule has 5 nitrogen and oxygen atoms in total. The number of carbonyl (C=O) groups is 1. The third-order valence-corrected chi connectivity index (χ3v) is 3.54. The van der Waals surface area contributed by atoms with E-state index in [2.05, 4.69) is 15.5 Å². The topological polar surface area (TPSA) is 68.0 Å². The molecule has 0 saturated heterocycles. The minimum absolute atomic E-state index is 0.0795. The lowest BCUT2D eigenvalue weighted by molar-refractivity contribution is -0.129. The van der Waals surface area contributed by atoms with Crippen LogP contribution in [0.1, 0.15) is 57.7 Å². The lowest BCUT2D eigenvalue weighted by Gasteiger charge is -2.21. The normalized spacial score (nSPS) is 15.7. The molecule has 1 heterocycles. The molecule has 1 aromatic heterocycles. The van der Waals surface area contributed by atoms with Crippen LogP contribution >= 0.6 is 0 Å². The van der Waals surface area contributed by atoms with Crippen molar-refractivity contribution in [3.8, 4) is 0 Å². The summed E-state index contributed by atoms with van der Waals surface area (Å²) in [6.07, 6.45) is 3.76. The maximum absolute atomic E-state index is 11.8. The van der Waals surface area contributed by atoms with Crippen LogP contribution in [-0.4, -0.2) is 22.6 Å². The van der Waals surface area contributed by atoms with Crippen LogP contribution in [0.5, 0.6) is 0 Å². The van der Waals surface area contributed by atoms with Crippen molar-refractivity contribution in [2.24, 2.45) is 5.41 Å². The average molecular weight is 251 g/mol. The van der Waals surface area contributed by atoms with Gasteiger partial charge in [-0.2, -0.15) is 4.98 Å². The van der Waals surface area contributed by atoms with E-state index >= 15 is 0 Å². The molecule has 1 amide bonds. The Morgan fingerprint density at radius 3 is 2.83 bits per heavy atom. The van der Waals surface area contributed by atoms with E-state index in [0.29, 0.717) is 24.7 Å². The lowest BCUT2D eigenvalue weighted by Crippen LogP contribution is -2.37. The molecule has 0 spiro atoms. The highest BCUT2D eigenvalue weighted by atomic mass is 16.5. The van der Waals surface area contributed by atoms with Crippen LogP contribution in [0.2, 0.25) is 0 Å². The quantitative estimate of drug-likeness (QED) is 0.840. The van der Waals surface area contributed by atoms with Gasteiger partial charge in [0.05, 0.1) is 0 Å². The second-order valence-corrected chi connectivity index (χ2v) is 5.57. The van der Waals surface area contributed by atoms with Gasteiger partial charge in [0.25, 0.3) is 0 Å². The highest BCUT2D eigenvalue weighted by Gasteiger charge is 2.29. The predicted molar refractivity (Wildman–Crippen MR) is 67.1 cm³/mol. The van der Waals surface area contributed by atoms with E-state index in [0.717, 1.165) is 25.2 Å². The van der Waals surface area contributed by atoms with Gasteiger partial charge in [-0.3, -0.25) is 4.79 Å². The summed E-state index contributed by atoms with van der Waals surface area (Å²) in [4.78, 5) is 16.2. The van der Waals surface area contributed by atoms with Crippen LogP contribution in [0.4, 0.5) is 0 Å². The molecule has 1 saturated carbocycles. The van der Waals surface area contributed by atoms with Crippen molar-refractivity contribution >= 4 is 5.91 Å². The Morgan fingerprint density at radius 1 is 1.50 bits per heavy atom. The Morgan fingerprint density at radius 2 is 2.22 bits per heavy atom. The fourth-order valence-electron chi connectivity index (χ4n) is 1.55. The first kappa shape index (κ1) is 13.1. The van der Waals surface area contributed by atoms with Crippen LogP contribution in [0.3, 0.4) is 0 Å². The van der Waals surface area contributed by atoms with E-state index in [1.54, 1.807) is 0 Å². The number of hydrogen-bond donors (Lipinski definition) is 1. The summed E-state index contributed by atoms with van der Waals surface area (Å²) >= 11 is 0. The summed E-state index contributed by atoms with van der Waals surface area (Å²) in [7, 11) is 0. The number of nitrogens with zero attached hydrogens (tertiary/aromatic N) is 2. The smallest absolute Gasteiger partial charge is 0.229 e. The van der Waals surface area contributed by atoms with Crippen molar-refractivity contribution < 1.29 is 9.32 Å². The van der Waals surface area contributed by atoms with Crippen molar-refractivity contribution in [3.63, 3.8) is 0 Å². The first-order valence-corrected chi connectivity index (χ1v) is 6.63. The number of rotatable bonds is 6. The molecular formula is C13H21N3O2. The minimum atomic E-state index is -0.309. The molecule has 1 fully saturated rings. The van der Waals surface area contributed by atoms with Gasteiger partial charge < -0.3 is 9.84 Å². The average Bonchev–Trinajstić information content (AvgIpc) is 3.09. The first-order valence-electron chi connectivity index (χ1n) is 6.63. The summed E-state index contributed by atoms with van der Waals surface area (Å²) in [5.74, 6) is 2.01. The number of amides is 1. The zero-order valence-corrected chi connectivity index (χ0v) is 11.3. The number of carbonyl (C=O) groups excluding carboxylic acids is 1. The molecule has 1 aliphatic carbocycles. The molecule has 0 unspecified atom stereocenters. The number of nitrogens with one attached hydrogen (secondary N) is 1. The Labute approximate surface area is 107 Å². The maximum Gasteiger partial charge on any atom is 0.229 e. The van der Waals surface area contributed by atoms with Gasteiger partial charge in [-0.05, 0) is 19.3 Å². The molecule has 1 N–H and O–H groups in total. The van der Waals surface area contributed by atoms with Crippen molar-refractivity contribution in [2.75, 3.05) is 6.54 Å². The van der Waals surface area contributed by atoms with E-state index in [1.807, 2.05) is 20.8 Å². The largest absolute Gasteiger partial charge is 0.355 e. The van der Waals surface area contributed by atoms with Crippen molar-refractivity contribution in [1.29, 1.82) is 0 Å². The van der Waals surface area contributed by atoms with Gasteiger partial charge in [-0.15, -0.1) is 0 Å². The molecule has 1 aliphatic rings. The first-order chi connectivity index (χ1) is 8.53. The third kappa shape index (κ3) is 3.09. The zero-order chi connectivity index (χ0) is 13.2. The van der Waals surface area contributed by atoms with Crippen LogP contribution in [0.15, 0.2) is 4.52 Å². The van der Waals surface area contributed by atoms with Crippen LogP contribution in [-0.2, 0) is 11.2 Å². The third-order valence-electron chi connectivity index (χ3n) is 3.54. The molecule has 1 aromatic rings. The molecule has 100 valence electrons. The van der Waals surface area contributed by atoms with E-state index in [9.17, 15) is 4.79 Å². The van der Waals surface area contributed by atoms with Gasteiger partial charge in [0.1, 0.15) is 0 Å². The molecule has 18 heavy (non-hydrogen) atoms. The van der Waals surface area contributed by atoms with Crippen molar-refractivity contribution in [2.45, 2.75) is 52.4 Å². The monoisotopic (exact) mass is 251 g/mol. The summed E-state index contributed by atoms with van der Waals surface area (Å²) < 4.78 is 5.16. The highest BCUT2D eigenvalue weighted by molar-refractivity contribution is 5.81. The Kier molecular flexibility index (Phi) is 3.68. The molecule has 5 heteroatoms. The van der Waals surface area contributed by atoms with Crippen LogP contribution in [0.25, 0.3) is 0 Å². The fourth-order valence-corrected chi connectivity index (χ4v) is 1.55. The maximum atomic E-state index is 11.8. The number of hydrogen-bond acceptors (Lipinski definition) is 4. The molecular weight excluding hydrogens is 230 g/mol.